The number of ether oxygens (including phenoxy) is 1. The standard InChI is InChI=1S/C15H19ClN2O3/c1-3-14(19)17-12-5-4-11(21-2)7-13(12)18-9-10(8-16)6-15(18)20/h4-5,7,10H,3,6,8-9H2,1-2H3,(H,17,19). The van der Waals surface area contributed by atoms with Gasteiger partial charge in [0.05, 0.1) is 18.5 Å². The molecule has 0 aromatic heterocycles. The Hall–Kier alpha value is -1.75. The van der Waals surface area contributed by atoms with Crippen molar-refractivity contribution in [3.05, 3.63) is 18.2 Å². The van der Waals surface area contributed by atoms with E-state index < -0.39 is 0 Å². The summed E-state index contributed by atoms with van der Waals surface area (Å²) in [6, 6.07) is 5.27. The van der Waals surface area contributed by atoms with Gasteiger partial charge in [-0.3, -0.25) is 9.59 Å². The molecular formula is C15H19ClN2O3. The molecule has 0 aliphatic carbocycles. The quantitative estimate of drug-likeness (QED) is 0.851. The van der Waals surface area contributed by atoms with Crippen LogP contribution in [-0.2, 0) is 9.59 Å². The lowest BCUT2D eigenvalue weighted by Gasteiger charge is -2.21. The highest BCUT2D eigenvalue weighted by Gasteiger charge is 2.31. The van der Waals surface area contributed by atoms with Crippen LogP contribution in [0.3, 0.4) is 0 Å². The molecule has 114 valence electrons. The van der Waals surface area contributed by atoms with E-state index in [0.717, 1.165) is 0 Å². The number of anilines is 2. The summed E-state index contributed by atoms with van der Waals surface area (Å²) < 4.78 is 5.21. The average molecular weight is 311 g/mol. The zero-order valence-electron chi connectivity index (χ0n) is 12.2. The van der Waals surface area contributed by atoms with Crippen molar-refractivity contribution in [3.8, 4) is 5.75 Å². The third-order valence-corrected chi connectivity index (χ3v) is 3.95. The first-order valence-corrected chi connectivity index (χ1v) is 7.46. The molecule has 1 aromatic carbocycles. The predicted octanol–water partition coefficient (Wildman–Crippen LogP) is 2.64. The monoisotopic (exact) mass is 310 g/mol. The van der Waals surface area contributed by atoms with Crippen LogP contribution >= 0.6 is 11.6 Å². The number of amides is 2. The number of nitrogens with one attached hydrogen (secondary N) is 1. The van der Waals surface area contributed by atoms with Crippen molar-refractivity contribution in [1.82, 2.24) is 0 Å². The Labute approximate surface area is 129 Å². The fourth-order valence-electron chi connectivity index (χ4n) is 2.32. The van der Waals surface area contributed by atoms with E-state index in [0.29, 0.717) is 42.4 Å². The van der Waals surface area contributed by atoms with Gasteiger partial charge in [0.1, 0.15) is 5.75 Å². The summed E-state index contributed by atoms with van der Waals surface area (Å²) >= 11 is 5.86. The van der Waals surface area contributed by atoms with Crippen LogP contribution in [0.5, 0.6) is 5.75 Å². The summed E-state index contributed by atoms with van der Waals surface area (Å²) in [5, 5.41) is 2.82. The first kappa shape index (κ1) is 15.6. The van der Waals surface area contributed by atoms with Crippen molar-refractivity contribution in [2.24, 2.45) is 5.92 Å². The molecular weight excluding hydrogens is 292 g/mol. The number of benzene rings is 1. The lowest BCUT2D eigenvalue weighted by atomic mass is 10.1. The maximum absolute atomic E-state index is 12.2. The number of hydrogen-bond acceptors (Lipinski definition) is 3. The van der Waals surface area contributed by atoms with Crippen molar-refractivity contribution < 1.29 is 14.3 Å². The Morgan fingerprint density at radius 3 is 2.86 bits per heavy atom. The van der Waals surface area contributed by atoms with Gasteiger partial charge in [0.2, 0.25) is 11.8 Å². The number of carbonyl (C=O) groups is 2. The maximum Gasteiger partial charge on any atom is 0.227 e. The largest absolute Gasteiger partial charge is 0.497 e. The lowest BCUT2D eigenvalue weighted by Crippen LogP contribution is -2.26. The Kier molecular flexibility index (Phi) is 5.07. The van der Waals surface area contributed by atoms with Crippen molar-refractivity contribution in [3.63, 3.8) is 0 Å². The van der Waals surface area contributed by atoms with E-state index in [1.165, 1.54) is 0 Å². The number of methoxy groups -OCH3 is 1. The summed E-state index contributed by atoms with van der Waals surface area (Å²) in [6.07, 6.45) is 0.811. The molecule has 1 heterocycles. The summed E-state index contributed by atoms with van der Waals surface area (Å²) in [5.74, 6) is 1.15. The second kappa shape index (κ2) is 6.80. The molecule has 1 atom stereocenters. The van der Waals surface area contributed by atoms with Crippen LogP contribution in [0, 0.1) is 5.92 Å². The van der Waals surface area contributed by atoms with Crippen molar-refractivity contribution in [2.45, 2.75) is 19.8 Å². The molecule has 0 saturated carbocycles. The molecule has 0 radical (unpaired) electrons. The van der Waals surface area contributed by atoms with Gasteiger partial charge in [0.25, 0.3) is 0 Å². The minimum Gasteiger partial charge on any atom is -0.497 e. The van der Waals surface area contributed by atoms with Crippen molar-refractivity contribution in [2.75, 3.05) is 29.8 Å². The molecule has 2 rings (SSSR count). The van der Waals surface area contributed by atoms with Crippen molar-refractivity contribution in [1.29, 1.82) is 0 Å². The fourth-order valence-corrected chi connectivity index (χ4v) is 2.53. The Morgan fingerprint density at radius 1 is 1.52 bits per heavy atom. The summed E-state index contributed by atoms with van der Waals surface area (Å²) in [7, 11) is 1.57. The maximum atomic E-state index is 12.2. The summed E-state index contributed by atoms with van der Waals surface area (Å²) in [6.45, 7) is 2.34. The van der Waals surface area contributed by atoms with Crippen LogP contribution in [0.4, 0.5) is 11.4 Å². The van der Waals surface area contributed by atoms with Gasteiger partial charge in [-0.05, 0) is 18.1 Å². The van der Waals surface area contributed by atoms with E-state index in [9.17, 15) is 9.59 Å². The summed E-state index contributed by atoms with van der Waals surface area (Å²) in [4.78, 5) is 25.5. The molecule has 1 N–H and O–H groups in total. The fraction of sp³-hybridized carbons (Fsp3) is 0.467. The third-order valence-electron chi connectivity index (χ3n) is 3.51. The van der Waals surface area contributed by atoms with E-state index in [2.05, 4.69) is 5.32 Å². The normalized spacial score (nSPS) is 18.0. The summed E-state index contributed by atoms with van der Waals surface area (Å²) in [5.41, 5.74) is 1.28. The van der Waals surface area contributed by atoms with Gasteiger partial charge >= 0.3 is 0 Å². The van der Waals surface area contributed by atoms with E-state index in [4.69, 9.17) is 16.3 Å². The Balaban J connectivity index is 2.35. The number of halogens is 1. The third kappa shape index (κ3) is 3.47. The van der Waals surface area contributed by atoms with Gasteiger partial charge < -0.3 is 15.0 Å². The Morgan fingerprint density at radius 2 is 2.29 bits per heavy atom. The highest BCUT2D eigenvalue weighted by molar-refractivity contribution is 6.18. The molecule has 0 bridgehead atoms. The zero-order valence-corrected chi connectivity index (χ0v) is 12.9. The molecule has 1 aromatic rings. The van der Waals surface area contributed by atoms with E-state index in [1.54, 1.807) is 37.1 Å². The molecule has 5 nitrogen and oxygen atoms in total. The smallest absolute Gasteiger partial charge is 0.227 e. The van der Waals surface area contributed by atoms with Gasteiger partial charge in [0, 0.05) is 31.3 Å². The van der Waals surface area contributed by atoms with E-state index >= 15 is 0 Å². The van der Waals surface area contributed by atoms with Crippen LogP contribution in [0.2, 0.25) is 0 Å². The molecule has 1 saturated heterocycles. The number of carbonyl (C=O) groups excluding carboxylic acids is 2. The molecule has 21 heavy (non-hydrogen) atoms. The van der Waals surface area contributed by atoms with Crippen LogP contribution in [0.25, 0.3) is 0 Å². The molecule has 1 aliphatic heterocycles. The number of nitrogens with zero attached hydrogens (tertiary/aromatic N) is 1. The second-order valence-corrected chi connectivity index (χ2v) is 5.32. The number of alkyl halides is 1. The molecule has 0 spiro atoms. The molecule has 1 aliphatic rings. The molecule has 1 fully saturated rings. The van der Waals surface area contributed by atoms with Gasteiger partial charge in [-0.1, -0.05) is 6.92 Å². The zero-order chi connectivity index (χ0) is 15.4. The first-order chi connectivity index (χ1) is 10.1. The van der Waals surface area contributed by atoms with E-state index in [1.807, 2.05) is 0 Å². The topological polar surface area (TPSA) is 58.6 Å². The number of rotatable bonds is 5. The van der Waals surface area contributed by atoms with Gasteiger partial charge in [-0.25, -0.2) is 0 Å². The van der Waals surface area contributed by atoms with Crippen LogP contribution in [0.15, 0.2) is 18.2 Å². The average Bonchev–Trinajstić information content (AvgIpc) is 2.88. The predicted molar refractivity (Wildman–Crippen MR) is 83.1 cm³/mol. The Bertz CT molecular complexity index is 548. The van der Waals surface area contributed by atoms with Gasteiger partial charge in [-0.15, -0.1) is 11.6 Å². The first-order valence-electron chi connectivity index (χ1n) is 6.93. The number of hydrogen-bond donors (Lipinski definition) is 1. The molecule has 1 unspecified atom stereocenters. The minimum atomic E-state index is -0.0954. The molecule has 2 amide bonds. The van der Waals surface area contributed by atoms with E-state index in [-0.39, 0.29) is 17.7 Å². The SMILES string of the molecule is CCC(=O)Nc1ccc(OC)cc1N1CC(CCl)CC1=O. The van der Waals surface area contributed by atoms with Crippen LogP contribution in [0.1, 0.15) is 19.8 Å². The van der Waals surface area contributed by atoms with Gasteiger partial charge in [-0.2, -0.15) is 0 Å². The lowest BCUT2D eigenvalue weighted by molar-refractivity contribution is -0.117. The van der Waals surface area contributed by atoms with Crippen LogP contribution < -0.4 is 15.0 Å². The van der Waals surface area contributed by atoms with Crippen LogP contribution in [-0.4, -0.2) is 31.3 Å². The minimum absolute atomic E-state index is 0.0147. The highest BCUT2D eigenvalue weighted by atomic mass is 35.5. The highest BCUT2D eigenvalue weighted by Crippen LogP contribution is 2.35. The van der Waals surface area contributed by atoms with Gasteiger partial charge in [0.15, 0.2) is 0 Å². The van der Waals surface area contributed by atoms with Crippen molar-refractivity contribution >= 4 is 34.8 Å². The second-order valence-electron chi connectivity index (χ2n) is 5.01. The molecule has 6 heteroatoms.